The highest BCUT2D eigenvalue weighted by molar-refractivity contribution is 5.97. The molecule has 0 amide bonds. The first-order valence-electron chi connectivity index (χ1n) is 6.09. The summed E-state index contributed by atoms with van der Waals surface area (Å²) in [4.78, 5) is 16.1. The molecule has 1 heterocycles. The summed E-state index contributed by atoms with van der Waals surface area (Å²) < 4.78 is 28.0. The molecule has 5 heteroatoms. The maximum Gasteiger partial charge on any atom is 0.170 e. The van der Waals surface area contributed by atoms with Crippen molar-refractivity contribution >= 4 is 5.78 Å². The molecule has 0 spiro atoms. The van der Waals surface area contributed by atoms with E-state index >= 15 is 0 Å². The summed E-state index contributed by atoms with van der Waals surface area (Å²) in [6.07, 6.45) is 4.37. The summed E-state index contributed by atoms with van der Waals surface area (Å²) in [5.74, 6) is -1.24. The number of carbonyl (C=O) groups is 1. The van der Waals surface area contributed by atoms with Crippen LogP contribution in [0.5, 0.6) is 0 Å². The second kappa shape index (κ2) is 5.73. The van der Waals surface area contributed by atoms with Gasteiger partial charge in [-0.3, -0.25) is 4.79 Å². The van der Waals surface area contributed by atoms with Gasteiger partial charge in [0.25, 0.3) is 0 Å². The number of hydrogen-bond acceptors (Lipinski definition) is 2. The molecule has 0 aliphatic rings. The average Bonchev–Trinajstić information content (AvgIpc) is 2.76. The predicted octanol–water partition coefficient (Wildman–Crippen LogP) is 3.00. The number of imidazole rings is 1. The number of ketones is 1. The van der Waals surface area contributed by atoms with Gasteiger partial charge in [0.15, 0.2) is 5.78 Å². The Hall–Kier alpha value is -2.04. The van der Waals surface area contributed by atoms with Crippen LogP contribution in [-0.2, 0) is 13.0 Å². The average molecular weight is 264 g/mol. The summed E-state index contributed by atoms with van der Waals surface area (Å²) in [6, 6.07) is 2.83. The topological polar surface area (TPSA) is 34.9 Å². The Balaban J connectivity index is 2.18. The summed E-state index contributed by atoms with van der Waals surface area (Å²) in [5, 5.41) is 0. The van der Waals surface area contributed by atoms with Gasteiger partial charge in [0, 0.05) is 30.6 Å². The molecule has 2 rings (SSSR count). The van der Waals surface area contributed by atoms with E-state index in [4.69, 9.17) is 0 Å². The SMILES string of the molecule is CCCn1ccnc1CC(=O)c1cc(F)cc(F)c1. The number of aromatic nitrogens is 2. The Morgan fingerprint density at radius 2 is 1.95 bits per heavy atom. The predicted molar refractivity (Wildman–Crippen MR) is 66.9 cm³/mol. The maximum atomic E-state index is 13.1. The van der Waals surface area contributed by atoms with Crippen molar-refractivity contribution in [1.82, 2.24) is 9.55 Å². The monoisotopic (exact) mass is 264 g/mol. The van der Waals surface area contributed by atoms with E-state index in [1.807, 2.05) is 11.5 Å². The van der Waals surface area contributed by atoms with Gasteiger partial charge >= 0.3 is 0 Å². The van der Waals surface area contributed by atoms with Gasteiger partial charge in [-0.1, -0.05) is 6.92 Å². The lowest BCUT2D eigenvalue weighted by Gasteiger charge is -2.06. The molecule has 0 saturated heterocycles. The van der Waals surface area contributed by atoms with Crippen molar-refractivity contribution in [1.29, 1.82) is 0 Å². The van der Waals surface area contributed by atoms with Crippen LogP contribution in [0, 0.1) is 11.6 Å². The van der Waals surface area contributed by atoms with Crippen LogP contribution in [0.15, 0.2) is 30.6 Å². The number of aryl methyl sites for hydroxylation is 1. The van der Waals surface area contributed by atoms with Crippen molar-refractivity contribution in [2.45, 2.75) is 26.3 Å². The molecular formula is C14H14F2N2O. The van der Waals surface area contributed by atoms with E-state index < -0.39 is 11.6 Å². The Bertz CT molecular complexity index is 573. The molecule has 0 N–H and O–H groups in total. The molecule has 3 nitrogen and oxygen atoms in total. The molecule has 0 unspecified atom stereocenters. The van der Waals surface area contributed by atoms with Crippen molar-refractivity contribution in [2.24, 2.45) is 0 Å². The number of nitrogens with zero attached hydrogens (tertiary/aromatic N) is 2. The summed E-state index contributed by atoms with van der Waals surface area (Å²) in [6.45, 7) is 2.79. The summed E-state index contributed by atoms with van der Waals surface area (Å²) in [5.41, 5.74) is 0.0311. The van der Waals surface area contributed by atoms with Crippen LogP contribution < -0.4 is 0 Å². The highest BCUT2D eigenvalue weighted by Gasteiger charge is 2.13. The van der Waals surface area contributed by atoms with Crippen LogP contribution >= 0.6 is 0 Å². The third-order valence-corrected chi connectivity index (χ3v) is 2.77. The zero-order valence-corrected chi connectivity index (χ0v) is 10.6. The molecule has 0 saturated carbocycles. The number of halogens is 2. The normalized spacial score (nSPS) is 10.7. The standard InChI is InChI=1S/C14H14F2N2O/c1-2-4-18-5-3-17-14(18)9-13(19)10-6-11(15)8-12(16)7-10/h3,5-8H,2,4,9H2,1H3. The van der Waals surface area contributed by atoms with E-state index in [0.29, 0.717) is 5.82 Å². The summed E-state index contributed by atoms with van der Waals surface area (Å²) >= 11 is 0. The van der Waals surface area contributed by atoms with E-state index in [-0.39, 0.29) is 17.8 Å². The highest BCUT2D eigenvalue weighted by Crippen LogP contribution is 2.11. The van der Waals surface area contributed by atoms with Gasteiger partial charge in [-0.2, -0.15) is 0 Å². The first-order valence-corrected chi connectivity index (χ1v) is 6.09. The number of Topliss-reactive ketones (excluding diaryl/α,β-unsaturated/α-hetero) is 1. The lowest BCUT2D eigenvalue weighted by atomic mass is 10.1. The van der Waals surface area contributed by atoms with Crippen molar-refractivity contribution in [3.63, 3.8) is 0 Å². The fraction of sp³-hybridized carbons (Fsp3) is 0.286. The molecular weight excluding hydrogens is 250 g/mol. The highest BCUT2D eigenvalue weighted by atomic mass is 19.1. The molecule has 0 radical (unpaired) electrons. The van der Waals surface area contributed by atoms with Gasteiger partial charge in [0.2, 0.25) is 0 Å². The zero-order chi connectivity index (χ0) is 13.8. The minimum Gasteiger partial charge on any atom is -0.335 e. The summed E-state index contributed by atoms with van der Waals surface area (Å²) in [7, 11) is 0. The van der Waals surface area contributed by atoms with Gasteiger partial charge in [-0.05, 0) is 18.6 Å². The molecule has 100 valence electrons. The van der Waals surface area contributed by atoms with E-state index in [2.05, 4.69) is 4.98 Å². The van der Waals surface area contributed by atoms with Crippen LogP contribution in [0.4, 0.5) is 8.78 Å². The molecule has 19 heavy (non-hydrogen) atoms. The largest absolute Gasteiger partial charge is 0.335 e. The van der Waals surface area contributed by atoms with Gasteiger partial charge in [0.05, 0.1) is 6.42 Å². The second-order valence-electron chi connectivity index (χ2n) is 4.29. The quantitative estimate of drug-likeness (QED) is 0.778. The van der Waals surface area contributed by atoms with Gasteiger partial charge in [-0.15, -0.1) is 0 Å². The first-order chi connectivity index (χ1) is 9.10. The van der Waals surface area contributed by atoms with Crippen molar-refractivity contribution in [3.8, 4) is 0 Å². The first kappa shape index (κ1) is 13.4. The van der Waals surface area contributed by atoms with E-state index in [9.17, 15) is 13.6 Å². The van der Waals surface area contributed by atoms with Gasteiger partial charge in [-0.25, -0.2) is 13.8 Å². The molecule has 0 aliphatic carbocycles. The lowest BCUT2D eigenvalue weighted by molar-refractivity contribution is 0.0988. The maximum absolute atomic E-state index is 13.1. The van der Waals surface area contributed by atoms with Crippen LogP contribution in [0.25, 0.3) is 0 Å². The molecule has 2 aromatic rings. The number of hydrogen-bond donors (Lipinski definition) is 0. The lowest BCUT2D eigenvalue weighted by Crippen LogP contribution is -2.10. The van der Waals surface area contributed by atoms with E-state index in [0.717, 1.165) is 31.2 Å². The molecule has 1 aromatic carbocycles. The Morgan fingerprint density at radius 3 is 2.58 bits per heavy atom. The van der Waals surface area contributed by atoms with Crippen LogP contribution in [-0.4, -0.2) is 15.3 Å². The van der Waals surface area contributed by atoms with E-state index in [1.54, 1.807) is 12.4 Å². The fourth-order valence-corrected chi connectivity index (χ4v) is 1.91. The van der Waals surface area contributed by atoms with Crippen molar-refractivity contribution in [2.75, 3.05) is 0 Å². The fourth-order valence-electron chi connectivity index (χ4n) is 1.91. The van der Waals surface area contributed by atoms with Gasteiger partial charge < -0.3 is 4.57 Å². The number of carbonyl (C=O) groups excluding carboxylic acids is 1. The smallest absolute Gasteiger partial charge is 0.170 e. The molecule has 1 aromatic heterocycles. The molecule has 0 aliphatic heterocycles. The Labute approximate surface area is 109 Å². The molecule has 0 bridgehead atoms. The third kappa shape index (κ3) is 3.24. The minimum absolute atomic E-state index is 0.0311. The van der Waals surface area contributed by atoms with Crippen molar-refractivity contribution < 1.29 is 13.6 Å². The molecule has 0 atom stereocenters. The Kier molecular flexibility index (Phi) is 4.04. The Morgan fingerprint density at radius 1 is 1.26 bits per heavy atom. The van der Waals surface area contributed by atoms with Crippen LogP contribution in [0.2, 0.25) is 0 Å². The third-order valence-electron chi connectivity index (χ3n) is 2.77. The second-order valence-corrected chi connectivity index (χ2v) is 4.29. The van der Waals surface area contributed by atoms with Crippen LogP contribution in [0.1, 0.15) is 29.5 Å². The van der Waals surface area contributed by atoms with Crippen LogP contribution in [0.3, 0.4) is 0 Å². The van der Waals surface area contributed by atoms with E-state index in [1.165, 1.54) is 0 Å². The number of benzene rings is 1. The zero-order valence-electron chi connectivity index (χ0n) is 10.6. The number of rotatable bonds is 5. The van der Waals surface area contributed by atoms with Gasteiger partial charge in [0.1, 0.15) is 17.5 Å². The van der Waals surface area contributed by atoms with Crippen molar-refractivity contribution in [3.05, 3.63) is 53.6 Å². The molecule has 0 fully saturated rings. The minimum atomic E-state index is -0.750.